The van der Waals surface area contributed by atoms with Crippen LogP contribution < -0.4 is 0 Å². The first kappa shape index (κ1) is 23.9. The van der Waals surface area contributed by atoms with Crippen molar-refractivity contribution >= 4 is 17.7 Å². The predicted molar refractivity (Wildman–Crippen MR) is 127 cm³/mol. The van der Waals surface area contributed by atoms with E-state index in [1.54, 1.807) is 29.4 Å². The van der Waals surface area contributed by atoms with E-state index in [4.69, 9.17) is 0 Å². The summed E-state index contributed by atoms with van der Waals surface area (Å²) in [6, 6.07) is 14.8. The minimum atomic E-state index is -0.299. The molecule has 0 saturated carbocycles. The number of nitrogens with zero attached hydrogens (tertiary/aromatic N) is 5. The molecule has 0 unspecified atom stereocenters. The van der Waals surface area contributed by atoms with E-state index >= 15 is 0 Å². The second kappa shape index (κ2) is 11.2. The predicted octanol–water partition coefficient (Wildman–Crippen LogP) is 4.21. The Morgan fingerprint density at radius 3 is 2.47 bits per heavy atom. The SMILES string of the molecule is CC(C)c1ccc(-n2cnnc2SCC(=O)N(CCN(C)C)Cc2ccccc2F)cc1. The van der Waals surface area contributed by atoms with Crippen LogP contribution in [0.3, 0.4) is 0 Å². The van der Waals surface area contributed by atoms with Gasteiger partial charge in [0.2, 0.25) is 5.91 Å². The van der Waals surface area contributed by atoms with Gasteiger partial charge in [0.15, 0.2) is 5.16 Å². The van der Waals surface area contributed by atoms with Crippen molar-refractivity contribution in [1.82, 2.24) is 24.6 Å². The standard InChI is InChI=1S/C24H30FN5OS/c1-18(2)19-9-11-21(12-10-19)30-17-26-27-24(30)32-16-23(31)29(14-13-28(3)4)15-20-7-5-6-8-22(20)25/h5-12,17-18H,13-16H2,1-4H3. The minimum Gasteiger partial charge on any atom is -0.336 e. The van der Waals surface area contributed by atoms with Crippen molar-refractivity contribution in [2.24, 2.45) is 0 Å². The molecule has 0 aliphatic rings. The number of hydrogen-bond acceptors (Lipinski definition) is 5. The molecule has 6 nitrogen and oxygen atoms in total. The fourth-order valence-corrected chi connectivity index (χ4v) is 4.01. The van der Waals surface area contributed by atoms with Gasteiger partial charge in [0.1, 0.15) is 12.1 Å². The van der Waals surface area contributed by atoms with E-state index < -0.39 is 0 Å². The maximum atomic E-state index is 14.2. The molecule has 1 aromatic heterocycles. The molecule has 8 heteroatoms. The maximum Gasteiger partial charge on any atom is 0.233 e. The molecule has 1 heterocycles. The van der Waals surface area contributed by atoms with E-state index in [0.29, 0.717) is 29.7 Å². The number of halogens is 1. The molecule has 32 heavy (non-hydrogen) atoms. The van der Waals surface area contributed by atoms with Crippen LogP contribution in [0.15, 0.2) is 60.0 Å². The van der Waals surface area contributed by atoms with E-state index in [9.17, 15) is 9.18 Å². The summed E-state index contributed by atoms with van der Waals surface area (Å²) in [6.07, 6.45) is 1.65. The molecule has 170 valence electrons. The fourth-order valence-electron chi connectivity index (χ4n) is 3.18. The summed E-state index contributed by atoms with van der Waals surface area (Å²) in [7, 11) is 3.90. The van der Waals surface area contributed by atoms with E-state index in [0.717, 1.165) is 5.69 Å². The quantitative estimate of drug-likeness (QED) is 0.429. The van der Waals surface area contributed by atoms with Gasteiger partial charge in [-0.2, -0.15) is 0 Å². The molecule has 2 aromatic carbocycles. The van der Waals surface area contributed by atoms with Gasteiger partial charge in [-0.15, -0.1) is 10.2 Å². The number of amides is 1. The van der Waals surface area contributed by atoms with Gasteiger partial charge in [0, 0.05) is 30.9 Å². The normalized spacial score (nSPS) is 11.3. The molecule has 1 amide bonds. The van der Waals surface area contributed by atoms with Crippen LogP contribution in [0.2, 0.25) is 0 Å². The van der Waals surface area contributed by atoms with Crippen LogP contribution in [0, 0.1) is 5.82 Å². The molecule has 0 bridgehead atoms. The second-order valence-corrected chi connectivity index (χ2v) is 9.17. The Morgan fingerprint density at radius 1 is 1.09 bits per heavy atom. The van der Waals surface area contributed by atoms with Gasteiger partial charge in [-0.3, -0.25) is 9.36 Å². The van der Waals surface area contributed by atoms with Crippen molar-refractivity contribution in [2.75, 3.05) is 32.9 Å². The van der Waals surface area contributed by atoms with Crippen molar-refractivity contribution in [3.05, 3.63) is 71.8 Å². The zero-order valence-corrected chi connectivity index (χ0v) is 19.8. The molecule has 3 aromatic rings. The number of aromatic nitrogens is 3. The maximum absolute atomic E-state index is 14.2. The number of carbonyl (C=O) groups excluding carboxylic acids is 1. The van der Waals surface area contributed by atoms with Crippen LogP contribution in [0.4, 0.5) is 4.39 Å². The van der Waals surface area contributed by atoms with Crippen LogP contribution in [-0.4, -0.2) is 63.4 Å². The fraction of sp³-hybridized carbons (Fsp3) is 0.375. The largest absolute Gasteiger partial charge is 0.336 e. The van der Waals surface area contributed by atoms with E-state index in [2.05, 4.69) is 36.2 Å². The van der Waals surface area contributed by atoms with Gasteiger partial charge in [0.25, 0.3) is 0 Å². The molecule has 3 rings (SSSR count). The highest BCUT2D eigenvalue weighted by Crippen LogP contribution is 2.22. The number of likely N-dealkylation sites (N-methyl/N-ethyl adjacent to an activating group) is 1. The third-order valence-corrected chi connectivity index (χ3v) is 6.10. The third kappa shape index (κ3) is 6.40. The van der Waals surface area contributed by atoms with E-state index in [-0.39, 0.29) is 24.0 Å². The van der Waals surface area contributed by atoms with Gasteiger partial charge in [-0.25, -0.2) is 4.39 Å². The number of rotatable bonds is 10. The average Bonchev–Trinajstić information content (AvgIpc) is 3.24. The van der Waals surface area contributed by atoms with Crippen molar-refractivity contribution < 1.29 is 9.18 Å². The molecule has 0 radical (unpaired) electrons. The third-order valence-electron chi connectivity index (χ3n) is 5.17. The lowest BCUT2D eigenvalue weighted by atomic mass is 10.0. The lowest BCUT2D eigenvalue weighted by Gasteiger charge is -2.24. The topological polar surface area (TPSA) is 54.3 Å². The molecular weight excluding hydrogens is 425 g/mol. The Balaban J connectivity index is 1.69. The summed E-state index contributed by atoms with van der Waals surface area (Å²) in [6.45, 7) is 5.77. The Kier molecular flexibility index (Phi) is 8.41. The molecule has 0 saturated heterocycles. The zero-order chi connectivity index (χ0) is 23.1. The van der Waals surface area contributed by atoms with Gasteiger partial charge in [-0.05, 0) is 43.8 Å². The average molecular weight is 456 g/mol. The summed E-state index contributed by atoms with van der Waals surface area (Å²) >= 11 is 1.34. The van der Waals surface area contributed by atoms with Gasteiger partial charge < -0.3 is 9.80 Å². The number of carbonyl (C=O) groups is 1. The van der Waals surface area contributed by atoms with Crippen LogP contribution >= 0.6 is 11.8 Å². The van der Waals surface area contributed by atoms with Crippen LogP contribution in [0.1, 0.15) is 30.9 Å². The highest BCUT2D eigenvalue weighted by atomic mass is 32.2. The van der Waals surface area contributed by atoms with Crippen LogP contribution in [0.5, 0.6) is 0 Å². The first-order valence-electron chi connectivity index (χ1n) is 10.6. The van der Waals surface area contributed by atoms with Crippen molar-refractivity contribution in [1.29, 1.82) is 0 Å². The van der Waals surface area contributed by atoms with Gasteiger partial charge in [-0.1, -0.05) is 55.9 Å². The number of benzene rings is 2. The van der Waals surface area contributed by atoms with E-state index in [1.807, 2.05) is 35.7 Å². The first-order valence-corrected chi connectivity index (χ1v) is 11.6. The zero-order valence-electron chi connectivity index (χ0n) is 19.0. The minimum absolute atomic E-state index is 0.0650. The van der Waals surface area contributed by atoms with Crippen molar-refractivity contribution in [3.8, 4) is 5.69 Å². The Hall–Kier alpha value is -2.71. The lowest BCUT2D eigenvalue weighted by molar-refractivity contribution is -0.129. The molecule has 0 N–H and O–H groups in total. The number of thioether (sulfide) groups is 1. The van der Waals surface area contributed by atoms with Gasteiger partial charge >= 0.3 is 0 Å². The highest BCUT2D eigenvalue weighted by Gasteiger charge is 2.18. The molecular formula is C24H30FN5OS. The summed E-state index contributed by atoms with van der Waals surface area (Å²) in [4.78, 5) is 16.7. The smallest absolute Gasteiger partial charge is 0.233 e. The Morgan fingerprint density at radius 2 is 1.81 bits per heavy atom. The molecule has 0 spiro atoms. The first-order chi connectivity index (χ1) is 15.3. The second-order valence-electron chi connectivity index (χ2n) is 8.23. The van der Waals surface area contributed by atoms with Crippen molar-refractivity contribution in [3.63, 3.8) is 0 Å². The lowest BCUT2D eigenvalue weighted by Crippen LogP contribution is -2.37. The molecule has 0 fully saturated rings. The Bertz CT molecular complexity index is 1020. The summed E-state index contributed by atoms with van der Waals surface area (Å²) < 4.78 is 16.0. The molecule has 0 atom stereocenters. The van der Waals surface area contributed by atoms with Gasteiger partial charge in [0.05, 0.1) is 5.75 Å². The Labute approximate surface area is 193 Å². The van der Waals surface area contributed by atoms with E-state index in [1.165, 1.54) is 23.4 Å². The summed E-state index contributed by atoms with van der Waals surface area (Å²) in [5, 5.41) is 8.87. The van der Waals surface area contributed by atoms with Crippen molar-refractivity contribution in [2.45, 2.75) is 31.5 Å². The van der Waals surface area contributed by atoms with Crippen LogP contribution in [0.25, 0.3) is 5.69 Å². The molecule has 0 aliphatic carbocycles. The van der Waals surface area contributed by atoms with Crippen LogP contribution in [-0.2, 0) is 11.3 Å². The summed E-state index contributed by atoms with van der Waals surface area (Å²) in [5.74, 6) is 0.293. The summed E-state index contributed by atoms with van der Waals surface area (Å²) in [5.41, 5.74) is 2.72. The highest BCUT2D eigenvalue weighted by molar-refractivity contribution is 7.99. The molecule has 0 aliphatic heterocycles. The monoisotopic (exact) mass is 455 g/mol. The number of hydrogen-bond donors (Lipinski definition) is 0.